The van der Waals surface area contributed by atoms with E-state index in [4.69, 9.17) is 0 Å². The van der Waals surface area contributed by atoms with Gasteiger partial charge in [0.05, 0.1) is 6.04 Å². The Morgan fingerprint density at radius 1 is 1.00 bits per heavy atom. The molecule has 0 spiro atoms. The molecule has 1 saturated heterocycles. The Morgan fingerprint density at radius 2 is 1.62 bits per heavy atom. The molecule has 2 aromatic rings. The van der Waals surface area contributed by atoms with E-state index in [1.165, 1.54) is 17.7 Å². The third-order valence-corrected chi connectivity index (χ3v) is 4.74. The van der Waals surface area contributed by atoms with Crippen LogP contribution in [0.5, 0.6) is 0 Å². The number of hydrogen-bond acceptors (Lipinski definition) is 2. The number of benzene rings is 2. The molecule has 0 saturated carbocycles. The number of carbonyl (C=O) groups is 1. The summed E-state index contributed by atoms with van der Waals surface area (Å²) in [6, 6.07) is 14.5. The Bertz CT molecular complexity index is 697. The third-order valence-electron chi connectivity index (χ3n) is 4.74. The Kier molecular flexibility index (Phi) is 4.95. The highest BCUT2D eigenvalue weighted by Crippen LogP contribution is 2.22. The van der Waals surface area contributed by atoms with Gasteiger partial charge in [0.2, 0.25) is 5.91 Å². The molecule has 4 heteroatoms. The minimum absolute atomic E-state index is 0.118. The quantitative estimate of drug-likeness (QED) is 0.857. The molecule has 3 nitrogen and oxygen atoms in total. The Balaban J connectivity index is 1.69. The lowest BCUT2D eigenvalue weighted by Crippen LogP contribution is -2.55. The summed E-state index contributed by atoms with van der Waals surface area (Å²) in [6.45, 7) is 6.21. The fourth-order valence-corrected chi connectivity index (χ4v) is 3.12. The van der Waals surface area contributed by atoms with Crippen LogP contribution in [0, 0.1) is 5.82 Å². The lowest BCUT2D eigenvalue weighted by Gasteiger charge is -2.39. The highest BCUT2D eigenvalue weighted by atomic mass is 19.1. The second-order valence-electron chi connectivity index (χ2n) is 6.28. The van der Waals surface area contributed by atoms with Gasteiger partial charge in [-0.1, -0.05) is 31.2 Å². The van der Waals surface area contributed by atoms with Crippen LogP contribution >= 0.6 is 0 Å². The third kappa shape index (κ3) is 3.49. The largest absolute Gasteiger partial charge is 0.310 e. The number of aryl methyl sites for hydroxylation is 1. The topological polar surface area (TPSA) is 23.6 Å². The van der Waals surface area contributed by atoms with E-state index in [1.54, 1.807) is 12.1 Å². The molecule has 0 aromatic heterocycles. The van der Waals surface area contributed by atoms with Crippen molar-refractivity contribution < 1.29 is 9.18 Å². The second kappa shape index (κ2) is 7.14. The fourth-order valence-electron chi connectivity index (χ4n) is 3.12. The molecule has 24 heavy (non-hydrogen) atoms. The molecule has 0 unspecified atom stereocenters. The SMILES string of the molecule is CCc1ccc(N2CCN(Cc3ccc(F)cc3)[C@H](C)C2=O)cc1. The number of hydrogen-bond donors (Lipinski definition) is 0. The van der Waals surface area contributed by atoms with E-state index < -0.39 is 0 Å². The zero-order valence-corrected chi connectivity index (χ0v) is 14.2. The molecule has 0 aliphatic carbocycles. The maximum absolute atomic E-state index is 13.0. The summed E-state index contributed by atoms with van der Waals surface area (Å²) in [6.07, 6.45) is 0.996. The van der Waals surface area contributed by atoms with E-state index in [1.807, 2.05) is 24.0 Å². The van der Waals surface area contributed by atoms with Gasteiger partial charge in [-0.25, -0.2) is 4.39 Å². The van der Waals surface area contributed by atoms with Gasteiger partial charge in [0.1, 0.15) is 5.82 Å². The monoisotopic (exact) mass is 326 g/mol. The second-order valence-corrected chi connectivity index (χ2v) is 6.28. The van der Waals surface area contributed by atoms with E-state index in [-0.39, 0.29) is 17.8 Å². The molecule has 0 N–H and O–H groups in total. The molecule has 3 rings (SSSR count). The van der Waals surface area contributed by atoms with E-state index in [0.29, 0.717) is 13.1 Å². The van der Waals surface area contributed by atoms with E-state index in [2.05, 4.69) is 24.0 Å². The number of rotatable bonds is 4. The summed E-state index contributed by atoms with van der Waals surface area (Å²) in [5.41, 5.74) is 3.26. The van der Waals surface area contributed by atoms with Gasteiger partial charge in [-0.2, -0.15) is 0 Å². The smallest absolute Gasteiger partial charge is 0.244 e. The van der Waals surface area contributed by atoms with Crippen molar-refractivity contribution in [2.75, 3.05) is 18.0 Å². The molecule has 1 aliphatic heterocycles. The van der Waals surface area contributed by atoms with Crippen LogP contribution in [0.3, 0.4) is 0 Å². The summed E-state index contributed by atoms with van der Waals surface area (Å²) in [4.78, 5) is 16.8. The highest BCUT2D eigenvalue weighted by Gasteiger charge is 2.32. The van der Waals surface area contributed by atoms with E-state index >= 15 is 0 Å². The molecule has 126 valence electrons. The zero-order valence-electron chi connectivity index (χ0n) is 14.2. The van der Waals surface area contributed by atoms with Crippen molar-refractivity contribution >= 4 is 11.6 Å². The van der Waals surface area contributed by atoms with E-state index in [9.17, 15) is 9.18 Å². The molecular formula is C20H23FN2O. The minimum Gasteiger partial charge on any atom is -0.310 e. The number of piperazine rings is 1. The first-order chi connectivity index (χ1) is 11.6. The van der Waals surface area contributed by atoms with Crippen LogP contribution in [-0.2, 0) is 17.8 Å². The van der Waals surface area contributed by atoms with Gasteiger partial charge in [-0.3, -0.25) is 9.69 Å². The van der Waals surface area contributed by atoms with Crippen LogP contribution in [0.1, 0.15) is 25.0 Å². The van der Waals surface area contributed by atoms with Gasteiger partial charge in [-0.05, 0) is 48.7 Å². The number of carbonyl (C=O) groups excluding carboxylic acids is 1. The molecule has 1 amide bonds. The Labute approximate surface area is 142 Å². The summed E-state index contributed by atoms with van der Waals surface area (Å²) < 4.78 is 13.0. The van der Waals surface area contributed by atoms with Crippen molar-refractivity contribution in [2.45, 2.75) is 32.9 Å². The maximum Gasteiger partial charge on any atom is 0.244 e. The van der Waals surface area contributed by atoms with Crippen LogP contribution < -0.4 is 4.90 Å². The molecule has 2 aromatic carbocycles. The standard InChI is InChI=1S/C20H23FN2O/c1-3-16-6-10-19(11-7-16)23-13-12-22(15(2)20(23)24)14-17-4-8-18(21)9-5-17/h4-11,15H,3,12-14H2,1-2H3/t15-/m1/s1. The summed E-state index contributed by atoms with van der Waals surface area (Å²) in [5.74, 6) is -0.115. The molecule has 1 fully saturated rings. The summed E-state index contributed by atoms with van der Waals surface area (Å²) in [5, 5.41) is 0. The maximum atomic E-state index is 13.0. The first-order valence-corrected chi connectivity index (χ1v) is 8.47. The first kappa shape index (κ1) is 16.7. The molecule has 0 bridgehead atoms. The number of nitrogens with zero attached hydrogens (tertiary/aromatic N) is 2. The molecule has 1 heterocycles. The van der Waals surface area contributed by atoms with E-state index in [0.717, 1.165) is 24.2 Å². The first-order valence-electron chi connectivity index (χ1n) is 8.47. The highest BCUT2D eigenvalue weighted by molar-refractivity contribution is 5.97. The van der Waals surface area contributed by atoms with Crippen molar-refractivity contribution in [3.05, 3.63) is 65.5 Å². The lowest BCUT2D eigenvalue weighted by atomic mass is 10.1. The van der Waals surface area contributed by atoms with Gasteiger partial charge in [0.15, 0.2) is 0 Å². The summed E-state index contributed by atoms with van der Waals surface area (Å²) >= 11 is 0. The summed E-state index contributed by atoms with van der Waals surface area (Å²) in [7, 11) is 0. The Morgan fingerprint density at radius 3 is 2.25 bits per heavy atom. The average molecular weight is 326 g/mol. The van der Waals surface area contributed by atoms with Gasteiger partial charge in [0.25, 0.3) is 0 Å². The minimum atomic E-state index is -0.233. The van der Waals surface area contributed by atoms with Crippen LogP contribution in [0.4, 0.5) is 10.1 Å². The zero-order chi connectivity index (χ0) is 17.1. The van der Waals surface area contributed by atoms with Crippen molar-refractivity contribution in [3.63, 3.8) is 0 Å². The average Bonchev–Trinajstić information content (AvgIpc) is 2.61. The molecule has 0 radical (unpaired) electrons. The van der Waals surface area contributed by atoms with Crippen LogP contribution in [0.25, 0.3) is 0 Å². The molecular weight excluding hydrogens is 303 g/mol. The van der Waals surface area contributed by atoms with Crippen molar-refractivity contribution in [1.29, 1.82) is 0 Å². The Hall–Kier alpha value is -2.20. The van der Waals surface area contributed by atoms with Crippen molar-refractivity contribution in [3.8, 4) is 0 Å². The number of amides is 1. The van der Waals surface area contributed by atoms with Crippen molar-refractivity contribution in [1.82, 2.24) is 4.90 Å². The van der Waals surface area contributed by atoms with Crippen LogP contribution in [0.2, 0.25) is 0 Å². The molecule has 1 aliphatic rings. The predicted molar refractivity (Wildman–Crippen MR) is 94.4 cm³/mol. The fraction of sp³-hybridized carbons (Fsp3) is 0.350. The van der Waals surface area contributed by atoms with Gasteiger partial charge in [0, 0.05) is 25.3 Å². The number of anilines is 1. The predicted octanol–water partition coefficient (Wildman–Crippen LogP) is 3.63. The number of halogens is 1. The van der Waals surface area contributed by atoms with Crippen molar-refractivity contribution in [2.24, 2.45) is 0 Å². The van der Waals surface area contributed by atoms with Gasteiger partial charge < -0.3 is 4.90 Å². The molecule has 1 atom stereocenters. The normalized spacial score (nSPS) is 18.9. The lowest BCUT2D eigenvalue weighted by molar-refractivity contribution is -0.125. The van der Waals surface area contributed by atoms with Gasteiger partial charge in [-0.15, -0.1) is 0 Å². The van der Waals surface area contributed by atoms with Crippen LogP contribution in [-0.4, -0.2) is 29.9 Å². The van der Waals surface area contributed by atoms with Crippen LogP contribution in [0.15, 0.2) is 48.5 Å². The van der Waals surface area contributed by atoms with Gasteiger partial charge >= 0.3 is 0 Å².